The Hall–Kier alpha value is -2.92. The van der Waals surface area contributed by atoms with Crippen molar-refractivity contribution >= 4 is 17.7 Å². The molecule has 116 valence electrons. The van der Waals surface area contributed by atoms with Gasteiger partial charge in [-0.3, -0.25) is 14.9 Å². The number of hydrogen-bond acceptors (Lipinski definition) is 6. The van der Waals surface area contributed by atoms with Crippen LogP contribution in [0.15, 0.2) is 23.8 Å². The Kier molecular flexibility index (Phi) is 6.53. The summed E-state index contributed by atoms with van der Waals surface area (Å²) in [4.78, 5) is 22.1. The smallest absolute Gasteiger partial charge is 0.311 e. The number of nitro groups is 1. The van der Waals surface area contributed by atoms with Crippen molar-refractivity contribution in [3.05, 3.63) is 39.4 Å². The topological polar surface area (TPSA) is 114 Å². The molecule has 0 atom stereocenters. The lowest BCUT2D eigenvalue weighted by Crippen LogP contribution is -2.27. The predicted octanol–water partition coefficient (Wildman–Crippen LogP) is 1.27. The SMILES string of the molecule is COCCNC(=O)/C(C#N)=C/c1ccc(OC)c([N+](=O)[O-])c1. The third-order valence-electron chi connectivity index (χ3n) is 2.67. The zero-order valence-corrected chi connectivity index (χ0v) is 12.2. The first kappa shape index (κ1) is 17.1. The van der Waals surface area contributed by atoms with Crippen LogP contribution in [0.5, 0.6) is 5.75 Å². The van der Waals surface area contributed by atoms with Gasteiger partial charge < -0.3 is 14.8 Å². The third kappa shape index (κ3) is 4.57. The fourth-order valence-electron chi connectivity index (χ4n) is 1.62. The lowest BCUT2D eigenvalue weighted by Gasteiger charge is -2.04. The van der Waals surface area contributed by atoms with E-state index in [1.54, 1.807) is 6.07 Å². The number of amides is 1. The van der Waals surface area contributed by atoms with Gasteiger partial charge in [-0.25, -0.2) is 0 Å². The number of rotatable bonds is 7. The minimum Gasteiger partial charge on any atom is -0.490 e. The molecule has 0 aliphatic heterocycles. The van der Waals surface area contributed by atoms with E-state index >= 15 is 0 Å². The van der Waals surface area contributed by atoms with Crippen LogP contribution in [-0.2, 0) is 9.53 Å². The van der Waals surface area contributed by atoms with Gasteiger partial charge in [-0.15, -0.1) is 0 Å². The molecule has 1 aromatic rings. The summed E-state index contributed by atoms with van der Waals surface area (Å²) in [7, 11) is 2.81. The van der Waals surface area contributed by atoms with Crippen LogP contribution in [0.4, 0.5) is 5.69 Å². The monoisotopic (exact) mass is 305 g/mol. The zero-order chi connectivity index (χ0) is 16.5. The lowest BCUT2D eigenvalue weighted by atomic mass is 10.1. The van der Waals surface area contributed by atoms with Crippen molar-refractivity contribution in [2.45, 2.75) is 0 Å². The van der Waals surface area contributed by atoms with E-state index in [4.69, 9.17) is 14.7 Å². The van der Waals surface area contributed by atoms with Gasteiger partial charge in [0.2, 0.25) is 0 Å². The summed E-state index contributed by atoms with van der Waals surface area (Å²) in [5.74, 6) is -0.469. The Balaban J connectivity index is 3.03. The summed E-state index contributed by atoms with van der Waals surface area (Å²) in [6, 6.07) is 5.92. The van der Waals surface area contributed by atoms with Crippen molar-refractivity contribution in [3.63, 3.8) is 0 Å². The number of nitriles is 1. The maximum absolute atomic E-state index is 11.8. The summed E-state index contributed by atoms with van der Waals surface area (Å²) < 4.78 is 9.67. The highest BCUT2D eigenvalue weighted by Crippen LogP contribution is 2.28. The first-order chi connectivity index (χ1) is 10.5. The fraction of sp³-hybridized carbons (Fsp3) is 0.286. The summed E-state index contributed by atoms with van der Waals surface area (Å²) >= 11 is 0. The molecule has 0 fully saturated rings. The molecule has 0 aliphatic rings. The zero-order valence-electron chi connectivity index (χ0n) is 12.2. The molecule has 0 saturated heterocycles. The van der Waals surface area contributed by atoms with Crippen LogP contribution in [-0.4, -0.2) is 38.2 Å². The van der Waals surface area contributed by atoms with E-state index in [-0.39, 0.29) is 23.6 Å². The molecular weight excluding hydrogens is 290 g/mol. The number of carbonyl (C=O) groups excluding carboxylic acids is 1. The maximum atomic E-state index is 11.8. The van der Waals surface area contributed by atoms with Crippen LogP contribution in [0.3, 0.4) is 0 Å². The fourth-order valence-corrected chi connectivity index (χ4v) is 1.62. The van der Waals surface area contributed by atoms with Crippen molar-refractivity contribution in [1.29, 1.82) is 5.26 Å². The van der Waals surface area contributed by atoms with Gasteiger partial charge in [-0.2, -0.15) is 5.26 Å². The normalized spacial score (nSPS) is 10.7. The second-order valence-electron chi connectivity index (χ2n) is 4.11. The number of nitrogens with zero attached hydrogens (tertiary/aromatic N) is 2. The van der Waals surface area contributed by atoms with E-state index in [0.717, 1.165) is 0 Å². The molecule has 1 N–H and O–H groups in total. The van der Waals surface area contributed by atoms with E-state index in [1.807, 2.05) is 0 Å². The maximum Gasteiger partial charge on any atom is 0.311 e. The van der Waals surface area contributed by atoms with Gasteiger partial charge in [0.1, 0.15) is 11.6 Å². The third-order valence-corrected chi connectivity index (χ3v) is 2.67. The Labute approximate surface area is 127 Å². The van der Waals surface area contributed by atoms with Crippen molar-refractivity contribution in [2.75, 3.05) is 27.4 Å². The van der Waals surface area contributed by atoms with Gasteiger partial charge in [-0.05, 0) is 17.7 Å². The number of benzene rings is 1. The van der Waals surface area contributed by atoms with Crippen molar-refractivity contribution in [2.24, 2.45) is 0 Å². The quantitative estimate of drug-likeness (QED) is 0.267. The molecule has 1 aromatic carbocycles. The van der Waals surface area contributed by atoms with Gasteiger partial charge in [0, 0.05) is 19.7 Å². The molecule has 22 heavy (non-hydrogen) atoms. The van der Waals surface area contributed by atoms with E-state index in [0.29, 0.717) is 12.2 Å². The van der Waals surface area contributed by atoms with Gasteiger partial charge in [-0.1, -0.05) is 6.07 Å². The summed E-state index contributed by atoms with van der Waals surface area (Å²) in [6.07, 6.45) is 1.27. The first-order valence-electron chi connectivity index (χ1n) is 6.24. The molecule has 8 nitrogen and oxygen atoms in total. The minimum atomic E-state index is -0.596. The van der Waals surface area contributed by atoms with Crippen LogP contribution >= 0.6 is 0 Å². The molecule has 0 aliphatic carbocycles. The first-order valence-corrected chi connectivity index (χ1v) is 6.24. The molecule has 0 bridgehead atoms. The number of ether oxygens (including phenoxy) is 2. The van der Waals surface area contributed by atoms with Crippen LogP contribution in [0.1, 0.15) is 5.56 Å². The number of nitro benzene ring substituents is 1. The highest BCUT2D eigenvalue weighted by Gasteiger charge is 2.15. The van der Waals surface area contributed by atoms with Crippen molar-refractivity contribution in [3.8, 4) is 11.8 Å². The standard InChI is InChI=1S/C14H15N3O5/c1-21-6-5-16-14(18)11(9-15)7-10-3-4-13(22-2)12(8-10)17(19)20/h3-4,7-8H,5-6H2,1-2H3,(H,16,18)/b11-7+. The van der Waals surface area contributed by atoms with Crippen LogP contribution < -0.4 is 10.1 Å². The lowest BCUT2D eigenvalue weighted by molar-refractivity contribution is -0.385. The average Bonchev–Trinajstić information content (AvgIpc) is 2.52. The molecule has 1 rings (SSSR count). The molecular formula is C14H15N3O5. The minimum absolute atomic E-state index is 0.102. The molecule has 0 aromatic heterocycles. The largest absolute Gasteiger partial charge is 0.490 e. The predicted molar refractivity (Wildman–Crippen MR) is 78.1 cm³/mol. The van der Waals surface area contributed by atoms with Gasteiger partial charge in [0.15, 0.2) is 5.75 Å². The van der Waals surface area contributed by atoms with Crippen molar-refractivity contribution < 1.29 is 19.2 Å². The van der Waals surface area contributed by atoms with Crippen LogP contribution in [0.2, 0.25) is 0 Å². The Morgan fingerprint density at radius 1 is 1.50 bits per heavy atom. The molecule has 0 spiro atoms. The molecule has 1 amide bonds. The Morgan fingerprint density at radius 2 is 2.23 bits per heavy atom. The molecule has 0 heterocycles. The van der Waals surface area contributed by atoms with Gasteiger partial charge in [0.05, 0.1) is 18.6 Å². The van der Waals surface area contributed by atoms with E-state index in [1.165, 1.54) is 38.5 Å². The molecule has 0 saturated carbocycles. The second kappa shape index (κ2) is 8.39. The summed E-state index contributed by atoms with van der Waals surface area (Å²) in [6.45, 7) is 0.579. The van der Waals surface area contributed by atoms with Gasteiger partial charge >= 0.3 is 5.69 Å². The number of hydrogen-bond donors (Lipinski definition) is 1. The Bertz CT molecular complexity index is 634. The highest BCUT2D eigenvalue weighted by molar-refractivity contribution is 6.01. The average molecular weight is 305 g/mol. The van der Waals surface area contributed by atoms with E-state index in [2.05, 4.69) is 5.32 Å². The van der Waals surface area contributed by atoms with E-state index < -0.39 is 10.8 Å². The number of carbonyl (C=O) groups is 1. The highest BCUT2D eigenvalue weighted by atomic mass is 16.6. The van der Waals surface area contributed by atoms with E-state index in [9.17, 15) is 14.9 Å². The van der Waals surface area contributed by atoms with Gasteiger partial charge in [0.25, 0.3) is 5.91 Å². The molecule has 0 radical (unpaired) electrons. The number of methoxy groups -OCH3 is 2. The molecule has 0 unspecified atom stereocenters. The van der Waals surface area contributed by atoms with Crippen molar-refractivity contribution in [1.82, 2.24) is 5.32 Å². The summed E-state index contributed by atoms with van der Waals surface area (Å²) in [5, 5.41) is 22.5. The second-order valence-corrected chi connectivity index (χ2v) is 4.11. The Morgan fingerprint density at radius 3 is 2.77 bits per heavy atom. The molecule has 8 heteroatoms. The van der Waals surface area contributed by atoms with Crippen LogP contribution in [0, 0.1) is 21.4 Å². The van der Waals surface area contributed by atoms with Crippen LogP contribution in [0.25, 0.3) is 6.08 Å². The summed E-state index contributed by atoms with van der Waals surface area (Å²) in [5.41, 5.74) is -0.0464. The number of nitrogens with one attached hydrogen (secondary N) is 1.